The Balaban J connectivity index is 2.79. The lowest BCUT2D eigenvalue weighted by Gasteiger charge is -2.19. The van der Waals surface area contributed by atoms with Crippen molar-refractivity contribution >= 4 is 11.9 Å². The first-order chi connectivity index (χ1) is 9.06. The largest absolute Gasteiger partial charge is 0.463 e. The molecule has 1 aromatic rings. The molecule has 0 fully saturated rings. The summed E-state index contributed by atoms with van der Waals surface area (Å²) < 4.78 is 5.49. The molecule has 0 aromatic carbocycles. The first-order valence-electron chi connectivity index (χ1n) is 6.84. The molecule has 0 bridgehead atoms. The fraction of sp³-hybridized carbons (Fsp3) is 0.769. The normalized spacial score (nSPS) is 10.6. The summed E-state index contributed by atoms with van der Waals surface area (Å²) in [5.74, 6) is 1.84. The number of anilines is 2. The molecule has 0 aliphatic carbocycles. The van der Waals surface area contributed by atoms with Crippen molar-refractivity contribution in [2.75, 3.05) is 37.5 Å². The number of rotatable bonds is 8. The second kappa shape index (κ2) is 7.76. The maximum atomic E-state index is 5.49. The van der Waals surface area contributed by atoms with Gasteiger partial charge in [0, 0.05) is 20.6 Å². The molecule has 0 amide bonds. The van der Waals surface area contributed by atoms with Gasteiger partial charge in [-0.3, -0.25) is 0 Å². The first-order valence-corrected chi connectivity index (χ1v) is 6.84. The van der Waals surface area contributed by atoms with E-state index >= 15 is 0 Å². The number of nitrogens with zero attached hydrogens (tertiary/aromatic N) is 4. The molecule has 0 saturated heterocycles. The van der Waals surface area contributed by atoms with E-state index in [1.54, 1.807) is 7.05 Å². The molecule has 0 spiro atoms. The molecule has 6 heteroatoms. The van der Waals surface area contributed by atoms with Crippen LogP contribution in [0.4, 0.5) is 11.9 Å². The van der Waals surface area contributed by atoms with Gasteiger partial charge in [0.15, 0.2) is 0 Å². The van der Waals surface area contributed by atoms with Gasteiger partial charge in [0.05, 0.1) is 6.61 Å². The van der Waals surface area contributed by atoms with E-state index in [9.17, 15) is 0 Å². The van der Waals surface area contributed by atoms with Crippen molar-refractivity contribution in [2.45, 2.75) is 33.6 Å². The van der Waals surface area contributed by atoms with Crippen molar-refractivity contribution in [3.63, 3.8) is 0 Å². The van der Waals surface area contributed by atoms with Gasteiger partial charge in [0.25, 0.3) is 0 Å². The summed E-state index contributed by atoms with van der Waals surface area (Å²) in [6.45, 7) is 7.99. The van der Waals surface area contributed by atoms with Crippen LogP contribution in [-0.2, 0) is 0 Å². The van der Waals surface area contributed by atoms with E-state index in [0.29, 0.717) is 30.4 Å². The van der Waals surface area contributed by atoms with E-state index in [1.165, 1.54) is 0 Å². The Morgan fingerprint density at radius 3 is 2.58 bits per heavy atom. The Morgan fingerprint density at radius 2 is 2.00 bits per heavy atom. The van der Waals surface area contributed by atoms with Gasteiger partial charge in [-0.2, -0.15) is 15.0 Å². The molecule has 0 aliphatic heterocycles. The standard InChI is InChI=1S/C13H25N5O/c1-6-9-19-13-16-11(14-4)15-12(17-13)18(5)8-7-10(2)3/h10H,6-9H2,1-5H3,(H,14,15,16,17). The third-order valence-electron chi connectivity index (χ3n) is 2.65. The number of hydrogen-bond acceptors (Lipinski definition) is 6. The molecule has 0 unspecified atom stereocenters. The Bertz CT molecular complexity index is 383. The number of ether oxygens (including phenoxy) is 1. The number of hydrogen-bond donors (Lipinski definition) is 1. The summed E-state index contributed by atoms with van der Waals surface area (Å²) >= 11 is 0. The molecule has 1 N–H and O–H groups in total. The third kappa shape index (κ3) is 5.28. The topological polar surface area (TPSA) is 63.2 Å². The average Bonchev–Trinajstić information content (AvgIpc) is 2.41. The van der Waals surface area contributed by atoms with Gasteiger partial charge in [-0.1, -0.05) is 20.8 Å². The van der Waals surface area contributed by atoms with Crippen molar-refractivity contribution in [3.05, 3.63) is 0 Å². The van der Waals surface area contributed by atoms with Crippen LogP contribution < -0.4 is 15.0 Å². The van der Waals surface area contributed by atoms with E-state index in [1.807, 2.05) is 11.9 Å². The lowest BCUT2D eigenvalue weighted by atomic mass is 10.1. The third-order valence-corrected chi connectivity index (χ3v) is 2.65. The first kappa shape index (κ1) is 15.5. The maximum absolute atomic E-state index is 5.49. The Labute approximate surface area is 115 Å². The van der Waals surface area contributed by atoms with Gasteiger partial charge in [-0.15, -0.1) is 0 Å². The predicted octanol–water partition coefficient (Wildman–Crippen LogP) is 2.18. The summed E-state index contributed by atoms with van der Waals surface area (Å²) in [5.41, 5.74) is 0. The zero-order chi connectivity index (χ0) is 14.3. The van der Waals surface area contributed by atoms with Crippen molar-refractivity contribution < 1.29 is 4.74 Å². The van der Waals surface area contributed by atoms with Crippen LogP contribution in [0.2, 0.25) is 0 Å². The highest BCUT2D eigenvalue weighted by Gasteiger charge is 2.11. The summed E-state index contributed by atoms with van der Waals surface area (Å²) in [7, 11) is 3.78. The van der Waals surface area contributed by atoms with Crippen LogP contribution in [0, 0.1) is 5.92 Å². The van der Waals surface area contributed by atoms with Gasteiger partial charge in [-0.25, -0.2) is 0 Å². The highest BCUT2D eigenvalue weighted by molar-refractivity contribution is 5.37. The molecule has 0 saturated carbocycles. The zero-order valence-corrected chi connectivity index (χ0v) is 12.6. The van der Waals surface area contributed by atoms with E-state index in [4.69, 9.17) is 4.74 Å². The number of nitrogens with one attached hydrogen (secondary N) is 1. The quantitative estimate of drug-likeness (QED) is 0.779. The molecule has 19 heavy (non-hydrogen) atoms. The van der Waals surface area contributed by atoms with Gasteiger partial charge in [-0.05, 0) is 18.8 Å². The number of aromatic nitrogens is 3. The molecular formula is C13H25N5O. The highest BCUT2D eigenvalue weighted by atomic mass is 16.5. The SMILES string of the molecule is CCCOc1nc(NC)nc(N(C)CCC(C)C)n1. The van der Waals surface area contributed by atoms with Crippen molar-refractivity contribution in [3.8, 4) is 6.01 Å². The van der Waals surface area contributed by atoms with Crippen LogP contribution >= 0.6 is 0 Å². The fourth-order valence-electron chi connectivity index (χ4n) is 1.44. The van der Waals surface area contributed by atoms with E-state index in [2.05, 4.69) is 41.0 Å². The Morgan fingerprint density at radius 1 is 1.26 bits per heavy atom. The van der Waals surface area contributed by atoms with Crippen LogP contribution in [0.25, 0.3) is 0 Å². The van der Waals surface area contributed by atoms with E-state index in [-0.39, 0.29) is 0 Å². The predicted molar refractivity (Wildman–Crippen MR) is 77.9 cm³/mol. The van der Waals surface area contributed by atoms with Crippen LogP contribution in [0.3, 0.4) is 0 Å². The minimum atomic E-state index is 0.382. The Kier molecular flexibility index (Phi) is 6.32. The second-order valence-corrected chi connectivity index (χ2v) is 4.94. The van der Waals surface area contributed by atoms with E-state index in [0.717, 1.165) is 19.4 Å². The zero-order valence-electron chi connectivity index (χ0n) is 12.6. The molecule has 0 radical (unpaired) electrons. The van der Waals surface area contributed by atoms with Gasteiger partial charge in [0.2, 0.25) is 11.9 Å². The molecule has 1 heterocycles. The van der Waals surface area contributed by atoms with Gasteiger partial charge in [0.1, 0.15) is 0 Å². The molecular weight excluding hydrogens is 242 g/mol. The molecule has 0 aliphatic rings. The van der Waals surface area contributed by atoms with Crippen LogP contribution in [0.5, 0.6) is 6.01 Å². The van der Waals surface area contributed by atoms with Crippen molar-refractivity contribution in [2.24, 2.45) is 5.92 Å². The summed E-state index contributed by atoms with van der Waals surface area (Å²) in [5, 5.41) is 2.94. The van der Waals surface area contributed by atoms with Crippen LogP contribution in [0.15, 0.2) is 0 Å². The molecule has 1 rings (SSSR count). The monoisotopic (exact) mass is 267 g/mol. The molecule has 108 valence electrons. The summed E-state index contributed by atoms with van der Waals surface area (Å²) in [6.07, 6.45) is 2.03. The molecule has 1 aromatic heterocycles. The minimum Gasteiger partial charge on any atom is -0.463 e. The Hall–Kier alpha value is -1.59. The average molecular weight is 267 g/mol. The molecule has 6 nitrogen and oxygen atoms in total. The smallest absolute Gasteiger partial charge is 0.323 e. The molecule has 0 atom stereocenters. The fourth-order valence-corrected chi connectivity index (χ4v) is 1.44. The lowest BCUT2D eigenvalue weighted by molar-refractivity contribution is 0.292. The van der Waals surface area contributed by atoms with Crippen LogP contribution in [0.1, 0.15) is 33.6 Å². The van der Waals surface area contributed by atoms with E-state index < -0.39 is 0 Å². The van der Waals surface area contributed by atoms with Crippen molar-refractivity contribution in [1.29, 1.82) is 0 Å². The summed E-state index contributed by atoms with van der Waals surface area (Å²) in [6, 6.07) is 0.382. The minimum absolute atomic E-state index is 0.382. The van der Waals surface area contributed by atoms with Gasteiger partial charge < -0.3 is 15.0 Å². The van der Waals surface area contributed by atoms with Crippen LogP contribution in [-0.4, -0.2) is 42.2 Å². The highest BCUT2D eigenvalue weighted by Crippen LogP contribution is 2.15. The lowest BCUT2D eigenvalue weighted by Crippen LogP contribution is -2.23. The summed E-state index contributed by atoms with van der Waals surface area (Å²) in [4.78, 5) is 14.9. The van der Waals surface area contributed by atoms with Crippen molar-refractivity contribution in [1.82, 2.24) is 15.0 Å². The maximum Gasteiger partial charge on any atom is 0.323 e. The second-order valence-electron chi connectivity index (χ2n) is 4.94. The van der Waals surface area contributed by atoms with Gasteiger partial charge >= 0.3 is 6.01 Å².